The van der Waals surface area contributed by atoms with E-state index in [0.717, 1.165) is 33.5 Å². The zero-order valence-electron chi connectivity index (χ0n) is 20.8. The molecule has 0 spiro atoms. The Hall–Kier alpha value is -4.64. The number of benzene rings is 6. The van der Waals surface area contributed by atoms with Crippen LogP contribution in [0.25, 0.3) is 44.2 Å². The molecule has 6 aromatic carbocycles. The maximum absolute atomic E-state index is 10.0. The topological polar surface area (TPSA) is 52.5 Å². The van der Waals surface area contributed by atoms with Crippen LogP contribution < -0.4 is 10.8 Å². The van der Waals surface area contributed by atoms with Crippen molar-refractivity contribution in [1.82, 2.24) is 0 Å². The van der Waals surface area contributed by atoms with E-state index in [-0.39, 0.29) is 0 Å². The average molecular weight is 491 g/mol. The highest BCUT2D eigenvalue weighted by molar-refractivity contribution is 6.60. The van der Waals surface area contributed by atoms with Crippen molar-refractivity contribution in [1.29, 1.82) is 0 Å². The third-order valence-corrected chi connectivity index (χ3v) is 6.90. The minimum atomic E-state index is -1.58. The number of hydrogen-bond acceptors (Lipinski definition) is 3. The van der Waals surface area contributed by atoms with Crippen molar-refractivity contribution in [3.8, 4) is 33.4 Å². The SMILES string of the molecule is OB(O)c1ccc(-c2ccc(-c3ccccc3)cc2)cc1Nc1ccc(-c2ccc3ccccc3c2)cc1. The molecule has 0 saturated heterocycles. The molecule has 0 aliphatic heterocycles. The van der Waals surface area contributed by atoms with Gasteiger partial charge in [0.2, 0.25) is 0 Å². The Bertz CT molecular complexity index is 1700. The Morgan fingerprint density at radius 3 is 1.61 bits per heavy atom. The lowest BCUT2D eigenvalue weighted by atomic mass is 9.78. The molecule has 0 radical (unpaired) electrons. The minimum absolute atomic E-state index is 0.424. The van der Waals surface area contributed by atoms with E-state index in [1.165, 1.54) is 16.3 Å². The summed E-state index contributed by atoms with van der Waals surface area (Å²) in [5.74, 6) is 0. The Balaban J connectivity index is 1.27. The van der Waals surface area contributed by atoms with Gasteiger partial charge in [0, 0.05) is 16.8 Å². The molecule has 3 nitrogen and oxygen atoms in total. The first-order chi connectivity index (χ1) is 18.6. The molecule has 182 valence electrons. The van der Waals surface area contributed by atoms with Crippen LogP contribution in [0.15, 0.2) is 140 Å². The van der Waals surface area contributed by atoms with Gasteiger partial charge in [0.05, 0.1) is 0 Å². The number of nitrogens with one attached hydrogen (secondary N) is 1. The molecule has 0 heterocycles. The van der Waals surface area contributed by atoms with Gasteiger partial charge in [-0.3, -0.25) is 0 Å². The fourth-order valence-electron chi connectivity index (χ4n) is 4.83. The molecule has 0 fully saturated rings. The molecule has 0 aromatic heterocycles. The van der Waals surface area contributed by atoms with E-state index >= 15 is 0 Å². The Morgan fingerprint density at radius 2 is 0.921 bits per heavy atom. The van der Waals surface area contributed by atoms with Crippen molar-refractivity contribution < 1.29 is 10.0 Å². The number of rotatable bonds is 6. The van der Waals surface area contributed by atoms with E-state index in [0.29, 0.717) is 11.2 Å². The number of anilines is 2. The van der Waals surface area contributed by atoms with Gasteiger partial charge in [-0.05, 0) is 68.4 Å². The fourth-order valence-corrected chi connectivity index (χ4v) is 4.83. The summed E-state index contributed by atoms with van der Waals surface area (Å²) in [6.45, 7) is 0. The van der Waals surface area contributed by atoms with E-state index in [1.807, 2.05) is 42.5 Å². The van der Waals surface area contributed by atoms with Crippen LogP contribution in [0.4, 0.5) is 11.4 Å². The van der Waals surface area contributed by atoms with Crippen LogP contribution in [0.2, 0.25) is 0 Å². The van der Waals surface area contributed by atoms with Crippen LogP contribution in [0, 0.1) is 0 Å². The molecule has 4 heteroatoms. The maximum atomic E-state index is 10.0. The minimum Gasteiger partial charge on any atom is -0.423 e. The summed E-state index contributed by atoms with van der Waals surface area (Å²) < 4.78 is 0. The molecule has 3 N–H and O–H groups in total. The van der Waals surface area contributed by atoms with Crippen LogP contribution in [0.3, 0.4) is 0 Å². The van der Waals surface area contributed by atoms with E-state index in [1.54, 1.807) is 6.07 Å². The van der Waals surface area contributed by atoms with Crippen molar-refractivity contribution in [2.24, 2.45) is 0 Å². The van der Waals surface area contributed by atoms with Gasteiger partial charge in [-0.2, -0.15) is 0 Å². The number of hydrogen-bond donors (Lipinski definition) is 3. The highest BCUT2D eigenvalue weighted by Crippen LogP contribution is 2.29. The van der Waals surface area contributed by atoms with Crippen molar-refractivity contribution in [3.05, 3.63) is 140 Å². The van der Waals surface area contributed by atoms with Crippen molar-refractivity contribution >= 4 is 34.7 Å². The van der Waals surface area contributed by atoms with Gasteiger partial charge in [-0.1, -0.05) is 115 Å². The van der Waals surface area contributed by atoms with Crippen molar-refractivity contribution in [3.63, 3.8) is 0 Å². The lowest BCUT2D eigenvalue weighted by Gasteiger charge is -2.15. The molecule has 0 aliphatic rings. The zero-order chi connectivity index (χ0) is 25.9. The molecule has 0 saturated carbocycles. The Kier molecular flexibility index (Phi) is 6.49. The first kappa shape index (κ1) is 23.7. The number of fused-ring (bicyclic) bond motifs is 1. The summed E-state index contributed by atoms with van der Waals surface area (Å²) in [7, 11) is -1.58. The maximum Gasteiger partial charge on any atom is 0.490 e. The van der Waals surface area contributed by atoms with Crippen LogP contribution in [-0.2, 0) is 0 Å². The molecule has 0 atom stereocenters. The Labute approximate surface area is 222 Å². The summed E-state index contributed by atoms with van der Waals surface area (Å²) in [5.41, 5.74) is 8.60. The van der Waals surface area contributed by atoms with Crippen LogP contribution in [-0.4, -0.2) is 17.2 Å². The highest BCUT2D eigenvalue weighted by atomic mass is 16.4. The lowest BCUT2D eigenvalue weighted by Crippen LogP contribution is -2.31. The molecule has 6 aromatic rings. The lowest BCUT2D eigenvalue weighted by molar-refractivity contribution is 0.426. The third-order valence-electron chi connectivity index (χ3n) is 6.90. The predicted octanol–water partition coefficient (Wildman–Crippen LogP) is 7.26. The first-order valence-electron chi connectivity index (χ1n) is 12.7. The van der Waals surface area contributed by atoms with E-state index < -0.39 is 7.12 Å². The standard InChI is InChI=1S/C34H26BNO2/c37-35(38)33-21-18-31(27-12-10-26(11-13-27)24-6-2-1-3-7-24)23-34(33)36-32-19-16-28(17-20-32)30-15-14-25-8-4-5-9-29(25)22-30/h1-23,36-38H. The highest BCUT2D eigenvalue weighted by Gasteiger charge is 2.17. The van der Waals surface area contributed by atoms with Gasteiger partial charge in [0.1, 0.15) is 0 Å². The summed E-state index contributed by atoms with van der Waals surface area (Å²) >= 11 is 0. The second-order valence-electron chi connectivity index (χ2n) is 9.38. The average Bonchev–Trinajstić information content (AvgIpc) is 2.98. The largest absolute Gasteiger partial charge is 0.490 e. The van der Waals surface area contributed by atoms with Gasteiger partial charge >= 0.3 is 7.12 Å². The molecular formula is C34H26BNO2. The molecule has 38 heavy (non-hydrogen) atoms. The van der Waals surface area contributed by atoms with Gasteiger partial charge in [0.15, 0.2) is 0 Å². The second-order valence-corrected chi connectivity index (χ2v) is 9.38. The van der Waals surface area contributed by atoms with Gasteiger partial charge < -0.3 is 15.4 Å². The summed E-state index contributed by atoms with van der Waals surface area (Å²) in [6, 6.07) is 47.3. The molecule has 0 amide bonds. The third kappa shape index (κ3) is 4.96. The monoisotopic (exact) mass is 491 g/mol. The van der Waals surface area contributed by atoms with Crippen LogP contribution in [0.5, 0.6) is 0 Å². The van der Waals surface area contributed by atoms with E-state index in [9.17, 15) is 10.0 Å². The van der Waals surface area contributed by atoms with Crippen molar-refractivity contribution in [2.45, 2.75) is 0 Å². The van der Waals surface area contributed by atoms with Gasteiger partial charge in [-0.15, -0.1) is 0 Å². The smallest absolute Gasteiger partial charge is 0.423 e. The molecular weight excluding hydrogens is 465 g/mol. The van der Waals surface area contributed by atoms with E-state index in [2.05, 4.69) is 96.3 Å². The van der Waals surface area contributed by atoms with E-state index in [4.69, 9.17) is 0 Å². The molecule has 6 rings (SSSR count). The molecule has 0 aliphatic carbocycles. The molecule has 0 bridgehead atoms. The summed E-state index contributed by atoms with van der Waals surface area (Å²) in [4.78, 5) is 0. The predicted molar refractivity (Wildman–Crippen MR) is 160 cm³/mol. The van der Waals surface area contributed by atoms with Crippen molar-refractivity contribution in [2.75, 3.05) is 5.32 Å². The zero-order valence-corrected chi connectivity index (χ0v) is 20.8. The Morgan fingerprint density at radius 1 is 0.421 bits per heavy atom. The van der Waals surface area contributed by atoms with Crippen LogP contribution >= 0.6 is 0 Å². The summed E-state index contributed by atoms with van der Waals surface area (Å²) in [6.07, 6.45) is 0. The van der Waals surface area contributed by atoms with Gasteiger partial charge in [0.25, 0.3) is 0 Å². The van der Waals surface area contributed by atoms with Crippen LogP contribution in [0.1, 0.15) is 0 Å². The first-order valence-corrected chi connectivity index (χ1v) is 12.7. The fraction of sp³-hybridized carbons (Fsp3) is 0. The van der Waals surface area contributed by atoms with Gasteiger partial charge in [-0.25, -0.2) is 0 Å². The second kappa shape index (κ2) is 10.4. The quantitative estimate of drug-likeness (QED) is 0.215. The summed E-state index contributed by atoms with van der Waals surface area (Å²) in [5, 5.41) is 25.8. The normalized spacial score (nSPS) is 10.9. The molecule has 0 unspecified atom stereocenters.